The number of thioether (sulfide) groups is 1. The monoisotopic (exact) mass is 607 g/mol. The fourth-order valence-corrected chi connectivity index (χ4v) is 9.02. The summed E-state index contributed by atoms with van der Waals surface area (Å²) in [6, 6.07) is 13.8. The molecular weight excluding hydrogens is 574 g/mol. The smallest absolute Gasteiger partial charge is 0.251 e. The number of carbonyl (C=O) groups is 3. The SMILES string of the molecule is CCOc1ccc(N2CC=C[C@@H]3S[C@]45C=CCN(c6ccccc6Cl)C(=O)C4N(CCCCO)C(=O)[C@@H]5[C@@H]3C2=O)cc1. The van der Waals surface area contributed by atoms with Gasteiger partial charge in [-0.1, -0.05) is 48.0 Å². The largest absolute Gasteiger partial charge is 0.494 e. The van der Waals surface area contributed by atoms with E-state index in [1.807, 2.05) is 73.7 Å². The summed E-state index contributed by atoms with van der Waals surface area (Å²) in [4.78, 5) is 48.3. The van der Waals surface area contributed by atoms with Gasteiger partial charge < -0.3 is 24.5 Å². The Kier molecular flexibility index (Phi) is 8.09. The number of anilines is 2. The highest BCUT2D eigenvalue weighted by Crippen LogP contribution is 2.61. The number of halogens is 1. The highest BCUT2D eigenvalue weighted by Gasteiger charge is 2.71. The molecule has 0 saturated carbocycles. The average molecular weight is 608 g/mol. The van der Waals surface area contributed by atoms with Gasteiger partial charge in [-0.25, -0.2) is 0 Å². The summed E-state index contributed by atoms with van der Waals surface area (Å²) in [6.45, 7) is 3.50. The van der Waals surface area contributed by atoms with Crippen LogP contribution >= 0.6 is 23.4 Å². The van der Waals surface area contributed by atoms with Crippen molar-refractivity contribution in [2.24, 2.45) is 11.8 Å². The lowest BCUT2D eigenvalue weighted by Crippen LogP contribution is -2.53. The van der Waals surface area contributed by atoms with Crippen molar-refractivity contribution in [3.8, 4) is 5.75 Å². The van der Waals surface area contributed by atoms with Gasteiger partial charge in [-0.2, -0.15) is 0 Å². The van der Waals surface area contributed by atoms with E-state index in [2.05, 4.69) is 0 Å². The second-order valence-electron chi connectivity index (χ2n) is 10.9. The van der Waals surface area contributed by atoms with Gasteiger partial charge in [-0.15, -0.1) is 11.8 Å². The van der Waals surface area contributed by atoms with E-state index in [-0.39, 0.29) is 29.6 Å². The third-order valence-corrected chi connectivity index (χ3v) is 10.6. The molecule has 5 atom stereocenters. The zero-order chi connectivity index (χ0) is 29.4. The van der Waals surface area contributed by atoms with Crippen molar-refractivity contribution in [3.05, 3.63) is 77.9 Å². The van der Waals surface area contributed by atoms with Crippen molar-refractivity contribution >= 4 is 52.5 Å². The Morgan fingerprint density at radius 1 is 0.976 bits per heavy atom. The van der Waals surface area contributed by atoms with Crippen molar-refractivity contribution in [3.63, 3.8) is 0 Å². The molecule has 6 rings (SSSR count). The van der Waals surface area contributed by atoms with Gasteiger partial charge in [0, 0.05) is 37.2 Å². The van der Waals surface area contributed by atoms with Gasteiger partial charge in [0.15, 0.2) is 0 Å². The molecule has 8 nitrogen and oxygen atoms in total. The highest BCUT2D eigenvalue weighted by molar-refractivity contribution is 8.02. The maximum Gasteiger partial charge on any atom is 0.251 e. The third kappa shape index (κ3) is 4.71. The molecule has 0 bridgehead atoms. The van der Waals surface area contributed by atoms with Crippen LogP contribution in [0.25, 0.3) is 0 Å². The Morgan fingerprint density at radius 2 is 1.74 bits per heavy atom. The Morgan fingerprint density at radius 3 is 2.48 bits per heavy atom. The van der Waals surface area contributed by atoms with Crippen LogP contribution < -0.4 is 14.5 Å². The molecule has 4 aliphatic heterocycles. The second kappa shape index (κ2) is 11.8. The molecule has 1 spiro atoms. The Balaban J connectivity index is 1.39. The molecule has 1 unspecified atom stereocenters. The predicted molar refractivity (Wildman–Crippen MR) is 165 cm³/mol. The van der Waals surface area contributed by atoms with Crippen LogP contribution in [0, 0.1) is 11.8 Å². The van der Waals surface area contributed by atoms with Crippen LogP contribution in [0.5, 0.6) is 5.75 Å². The maximum absolute atomic E-state index is 14.5. The first-order chi connectivity index (χ1) is 20.4. The van der Waals surface area contributed by atoms with Crippen molar-refractivity contribution in [2.45, 2.75) is 35.8 Å². The molecule has 2 aromatic carbocycles. The summed E-state index contributed by atoms with van der Waals surface area (Å²) in [5.41, 5.74) is 1.32. The molecule has 0 aliphatic carbocycles. The minimum Gasteiger partial charge on any atom is -0.494 e. The molecule has 42 heavy (non-hydrogen) atoms. The number of hydrogen-bond donors (Lipinski definition) is 1. The standard InChI is InChI=1S/C32H34ClN3O5S/c1-2-41-22-14-12-21(13-15-22)34-18-7-11-25-26(29(34)38)27-30(39)36(17-5-6-20-37)28-31(40)35(19-8-16-32(27,28)42-25)24-10-4-3-9-23(24)33/h3-4,7-16,25-28,37H,2,5-6,17-20H2,1H3/t25-,26+,27-,28?,32-/m0/s1. The van der Waals surface area contributed by atoms with Crippen LogP contribution in [-0.4, -0.2) is 76.6 Å². The van der Waals surface area contributed by atoms with Crippen LogP contribution in [-0.2, 0) is 14.4 Å². The lowest BCUT2D eigenvalue weighted by Gasteiger charge is -2.35. The number of para-hydroxylation sites is 1. The minimum atomic E-state index is -0.916. The Hall–Kier alpha value is -3.27. The molecule has 2 saturated heterocycles. The lowest BCUT2D eigenvalue weighted by atomic mass is 9.78. The first kappa shape index (κ1) is 28.8. The van der Waals surface area contributed by atoms with E-state index in [0.29, 0.717) is 49.8 Å². The van der Waals surface area contributed by atoms with E-state index in [4.69, 9.17) is 16.3 Å². The number of fused-ring (bicyclic) bond motifs is 2. The van der Waals surface area contributed by atoms with Gasteiger partial charge in [0.1, 0.15) is 11.8 Å². The number of benzene rings is 2. The van der Waals surface area contributed by atoms with Crippen LogP contribution in [0.15, 0.2) is 72.8 Å². The number of rotatable bonds is 8. The fraction of sp³-hybridized carbons (Fsp3) is 0.406. The van der Waals surface area contributed by atoms with E-state index in [0.717, 1.165) is 11.4 Å². The normalized spacial score (nSPS) is 28.5. The van der Waals surface area contributed by atoms with Gasteiger partial charge in [-0.05, 0) is 56.2 Å². The number of aliphatic hydroxyl groups excluding tert-OH is 1. The van der Waals surface area contributed by atoms with E-state index in [1.165, 1.54) is 0 Å². The van der Waals surface area contributed by atoms with Gasteiger partial charge in [0.25, 0.3) is 5.91 Å². The summed E-state index contributed by atoms with van der Waals surface area (Å²) in [5, 5.41) is 9.64. The van der Waals surface area contributed by atoms with E-state index >= 15 is 0 Å². The quantitative estimate of drug-likeness (QED) is 0.355. The zero-order valence-electron chi connectivity index (χ0n) is 23.4. The number of ether oxygens (including phenoxy) is 1. The van der Waals surface area contributed by atoms with Crippen LogP contribution in [0.3, 0.4) is 0 Å². The summed E-state index contributed by atoms with van der Waals surface area (Å²) >= 11 is 8.09. The number of carbonyl (C=O) groups excluding carboxylic acids is 3. The van der Waals surface area contributed by atoms with Crippen LogP contribution in [0.4, 0.5) is 11.4 Å². The summed E-state index contributed by atoms with van der Waals surface area (Å²) in [5.74, 6) is -1.14. The van der Waals surface area contributed by atoms with Crippen LogP contribution in [0.2, 0.25) is 5.02 Å². The van der Waals surface area contributed by atoms with Gasteiger partial charge in [-0.3, -0.25) is 14.4 Å². The molecule has 0 aromatic heterocycles. The molecule has 10 heteroatoms. The first-order valence-electron chi connectivity index (χ1n) is 14.4. The van der Waals surface area contributed by atoms with Crippen LogP contribution in [0.1, 0.15) is 19.8 Å². The summed E-state index contributed by atoms with van der Waals surface area (Å²) in [6.07, 6.45) is 9.02. The Bertz CT molecular complexity index is 1430. The maximum atomic E-state index is 14.5. The highest BCUT2D eigenvalue weighted by atomic mass is 35.5. The Labute approximate surface area is 254 Å². The number of aliphatic hydroxyl groups is 1. The first-order valence-corrected chi connectivity index (χ1v) is 15.7. The zero-order valence-corrected chi connectivity index (χ0v) is 25.0. The number of unbranched alkanes of at least 4 members (excludes halogenated alkanes) is 1. The molecule has 1 N–H and O–H groups in total. The number of likely N-dealkylation sites (tertiary alicyclic amines) is 1. The summed E-state index contributed by atoms with van der Waals surface area (Å²) < 4.78 is 4.67. The fourth-order valence-electron chi connectivity index (χ4n) is 6.78. The summed E-state index contributed by atoms with van der Waals surface area (Å²) in [7, 11) is 0. The molecule has 2 fully saturated rings. The number of nitrogens with zero attached hydrogens (tertiary/aromatic N) is 3. The van der Waals surface area contributed by atoms with E-state index in [1.54, 1.807) is 32.5 Å². The van der Waals surface area contributed by atoms with Crippen molar-refractivity contribution < 1.29 is 24.2 Å². The minimum absolute atomic E-state index is 0.000637. The third-order valence-electron chi connectivity index (χ3n) is 8.57. The molecule has 4 heterocycles. The van der Waals surface area contributed by atoms with Gasteiger partial charge in [0.05, 0.1) is 33.9 Å². The second-order valence-corrected chi connectivity index (χ2v) is 12.8. The number of amides is 3. The molecular formula is C32H34ClN3O5S. The van der Waals surface area contributed by atoms with E-state index < -0.39 is 22.6 Å². The lowest BCUT2D eigenvalue weighted by molar-refractivity contribution is -0.138. The van der Waals surface area contributed by atoms with Gasteiger partial charge in [0.2, 0.25) is 11.8 Å². The predicted octanol–water partition coefficient (Wildman–Crippen LogP) is 4.31. The molecule has 3 amide bonds. The van der Waals surface area contributed by atoms with Gasteiger partial charge >= 0.3 is 0 Å². The van der Waals surface area contributed by atoms with Crippen molar-refractivity contribution in [1.29, 1.82) is 0 Å². The number of hydrogen-bond acceptors (Lipinski definition) is 6. The molecule has 2 aromatic rings. The van der Waals surface area contributed by atoms with E-state index in [9.17, 15) is 19.5 Å². The molecule has 220 valence electrons. The van der Waals surface area contributed by atoms with Crippen molar-refractivity contribution in [1.82, 2.24) is 4.90 Å². The van der Waals surface area contributed by atoms with Crippen molar-refractivity contribution in [2.75, 3.05) is 42.6 Å². The molecule has 0 radical (unpaired) electrons. The average Bonchev–Trinajstić information content (AvgIpc) is 3.29. The topological polar surface area (TPSA) is 90.4 Å². The molecule has 4 aliphatic rings.